The number of nitrogens with one attached hydrogen (secondary N) is 1. The van der Waals surface area contributed by atoms with E-state index in [-0.39, 0.29) is 11.9 Å². The highest BCUT2D eigenvalue weighted by molar-refractivity contribution is 5.94. The van der Waals surface area contributed by atoms with Crippen molar-refractivity contribution in [3.8, 4) is 17.4 Å². The summed E-state index contributed by atoms with van der Waals surface area (Å²) in [5, 5.41) is 3.20. The van der Waals surface area contributed by atoms with E-state index in [1.807, 2.05) is 0 Å². The Balaban J connectivity index is 1.36. The molecular weight excluding hydrogens is 330 g/mol. The molecular formula is C20H23N3O3. The third kappa shape index (κ3) is 3.65. The topological polar surface area (TPSA) is 63.7 Å². The van der Waals surface area contributed by atoms with E-state index in [0.717, 1.165) is 6.54 Å². The Morgan fingerprint density at radius 1 is 1.12 bits per heavy atom. The van der Waals surface area contributed by atoms with Gasteiger partial charge in [0.25, 0.3) is 5.91 Å². The molecule has 3 fully saturated rings. The Morgan fingerprint density at radius 2 is 1.85 bits per heavy atom. The minimum absolute atomic E-state index is 0.0126. The van der Waals surface area contributed by atoms with Crippen LogP contribution in [0.2, 0.25) is 0 Å². The van der Waals surface area contributed by atoms with Crippen LogP contribution in [0.4, 0.5) is 0 Å². The van der Waals surface area contributed by atoms with Crippen LogP contribution < -0.4 is 14.8 Å². The number of amides is 1. The zero-order valence-electron chi connectivity index (χ0n) is 14.9. The third-order valence-corrected chi connectivity index (χ3v) is 5.24. The van der Waals surface area contributed by atoms with Gasteiger partial charge in [-0.1, -0.05) is 0 Å². The highest BCUT2D eigenvalue weighted by Gasteiger charge is 2.34. The largest absolute Gasteiger partial charge is 0.481 e. The highest BCUT2D eigenvalue weighted by atomic mass is 16.5. The molecule has 136 valence electrons. The lowest BCUT2D eigenvalue weighted by molar-refractivity contribution is 0.0620. The summed E-state index contributed by atoms with van der Waals surface area (Å²) in [6, 6.07) is 11.0. The van der Waals surface area contributed by atoms with Gasteiger partial charge in [-0.25, -0.2) is 4.98 Å². The number of aromatic nitrogens is 1. The summed E-state index contributed by atoms with van der Waals surface area (Å²) >= 11 is 0. The van der Waals surface area contributed by atoms with E-state index in [4.69, 9.17) is 9.47 Å². The molecule has 3 aliphatic rings. The fourth-order valence-corrected chi connectivity index (χ4v) is 3.74. The summed E-state index contributed by atoms with van der Waals surface area (Å²) < 4.78 is 10.8. The number of benzene rings is 1. The molecule has 1 aromatic carbocycles. The molecule has 6 nitrogen and oxygen atoms in total. The molecule has 5 rings (SSSR count). The zero-order valence-corrected chi connectivity index (χ0v) is 14.9. The van der Waals surface area contributed by atoms with Crippen molar-refractivity contribution >= 4 is 5.91 Å². The van der Waals surface area contributed by atoms with Crippen molar-refractivity contribution in [3.05, 3.63) is 48.2 Å². The van der Waals surface area contributed by atoms with Gasteiger partial charge in [0.1, 0.15) is 11.5 Å². The van der Waals surface area contributed by atoms with Gasteiger partial charge in [0.15, 0.2) is 0 Å². The maximum absolute atomic E-state index is 12.5. The van der Waals surface area contributed by atoms with E-state index in [9.17, 15) is 4.79 Å². The normalized spacial score (nSPS) is 24.1. The SMILES string of the molecule is COc1ccc(Oc2ccc(C(=O)NC3CN4CCC3CC4)cc2)cn1. The first-order valence-electron chi connectivity index (χ1n) is 9.02. The summed E-state index contributed by atoms with van der Waals surface area (Å²) in [7, 11) is 1.57. The molecule has 1 atom stereocenters. The van der Waals surface area contributed by atoms with Gasteiger partial charge in [-0.2, -0.15) is 0 Å². The van der Waals surface area contributed by atoms with Gasteiger partial charge in [-0.05, 0) is 62.2 Å². The molecule has 26 heavy (non-hydrogen) atoms. The molecule has 1 unspecified atom stereocenters. The van der Waals surface area contributed by atoms with E-state index in [1.165, 1.54) is 25.9 Å². The second-order valence-corrected chi connectivity index (χ2v) is 6.88. The lowest BCUT2D eigenvalue weighted by atomic mass is 9.84. The minimum atomic E-state index is -0.0126. The van der Waals surface area contributed by atoms with E-state index in [1.54, 1.807) is 49.7 Å². The molecule has 3 saturated heterocycles. The second-order valence-electron chi connectivity index (χ2n) is 6.88. The van der Waals surface area contributed by atoms with Gasteiger partial charge in [0.2, 0.25) is 5.88 Å². The van der Waals surface area contributed by atoms with Crippen molar-refractivity contribution in [2.24, 2.45) is 5.92 Å². The van der Waals surface area contributed by atoms with Crippen LogP contribution in [0, 0.1) is 5.92 Å². The summed E-state index contributed by atoms with van der Waals surface area (Å²) in [4.78, 5) is 19.1. The number of hydrogen-bond acceptors (Lipinski definition) is 5. The fraction of sp³-hybridized carbons (Fsp3) is 0.400. The first kappa shape index (κ1) is 16.8. The monoisotopic (exact) mass is 353 g/mol. The Kier molecular flexibility index (Phi) is 4.75. The maximum Gasteiger partial charge on any atom is 0.251 e. The number of methoxy groups -OCH3 is 1. The summed E-state index contributed by atoms with van der Waals surface area (Å²) in [6.45, 7) is 3.31. The molecule has 1 aromatic heterocycles. The second kappa shape index (κ2) is 7.33. The van der Waals surface area contributed by atoms with Gasteiger partial charge in [-0.3, -0.25) is 4.79 Å². The number of ether oxygens (including phenoxy) is 2. The molecule has 2 aromatic rings. The average molecular weight is 353 g/mol. The number of pyridine rings is 1. The van der Waals surface area contributed by atoms with Gasteiger partial charge in [-0.15, -0.1) is 0 Å². The molecule has 6 heteroatoms. The van der Waals surface area contributed by atoms with Crippen molar-refractivity contribution in [2.45, 2.75) is 18.9 Å². The number of carbonyl (C=O) groups excluding carboxylic acids is 1. The number of hydrogen-bond donors (Lipinski definition) is 1. The van der Waals surface area contributed by atoms with Crippen molar-refractivity contribution in [1.29, 1.82) is 0 Å². The third-order valence-electron chi connectivity index (χ3n) is 5.24. The molecule has 0 aliphatic carbocycles. The quantitative estimate of drug-likeness (QED) is 0.895. The molecule has 0 spiro atoms. The van der Waals surface area contributed by atoms with Gasteiger partial charge >= 0.3 is 0 Å². The van der Waals surface area contributed by atoms with Crippen LogP contribution in [0.3, 0.4) is 0 Å². The van der Waals surface area contributed by atoms with E-state index >= 15 is 0 Å². The number of nitrogens with zero attached hydrogens (tertiary/aromatic N) is 2. The average Bonchev–Trinajstić information content (AvgIpc) is 2.70. The molecule has 1 N–H and O–H groups in total. The van der Waals surface area contributed by atoms with Crippen LogP contribution in [-0.4, -0.2) is 48.6 Å². The van der Waals surface area contributed by atoms with Crippen LogP contribution in [0.25, 0.3) is 0 Å². The molecule has 3 aliphatic heterocycles. The van der Waals surface area contributed by atoms with Crippen LogP contribution in [-0.2, 0) is 0 Å². The Labute approximate surface area is 153 Å². The zero-order chi connectivity index (χ0) is 17.9. The van der Waals surface area contributed by atoms with Crippen molar-refractivity contribution in [1.82, 2.24) is 15.2 Å². The van der Waals surface area contributed by atoms with Gasteiger partial charge in [0.05, 0.1) is 13.3 Å². The summed E-state index contributed by atoms with van der Waals surface area (Å²) in [6.07, 6.45) is 3.98. The van der Waals surface area contributed by atoms with Gasteiger partial charge in [0, 0.05) is 24.2 Å². The number of rotatable bonds is 5. The molecule has 0 saturated carbocycles. The number of carbonyl (C=O) groups is 1. The van der Waals surface area contributed by atoms with Crippen LogP contribution >= 0.6 is 0 Å². The van der Waals surface area contributed by atoms with Crippen molar-refractivity contribution in [2.75, 3.05) is 26.7 Å². The van der Waals surface area contributed by atoms with E-state index < -0.39 is 0 Å². The standard InChI is InChI=1S/C20H23N3O3/c1-25-19-7-6-17(12-21-19)26-16-4-2-15(3-5-16)20(24)22-18-13-23-10-8-14(18)9-11-23/h2-7,12,14,18H,8-11,13H2,1H3,(H,22,24). The Hall–Kier alpha value is -2.60. The predicted molar refractivity (Wildman–Crippen MR) is 97.7 cm³/mol. The molecule has 4 heterocycles. The van der Waals surface area contributed by atoms with Crippen LogP contribution in [0.15, 0.2) is 42.6 Å². The molecule has 0 radical (unpaired) electrons. The number of fused-ring (bicyclic) bond motifs is 3. The number of piperidine rings is 3. The molecule has 1 amide bonds. The van der Waals surface area contributed by atoms with E-state index in [0.29, 0.717) is 28.9 Å². The fourth-order valence-electron chi connectivity index (χ4n) is 3.74. The Bertz CT molecular complexity index is 753. The Morgan fingerprint density at radius 3 is 2.42 bits per heavy atom. The van der Waals surface area contributed by atoms with Crippen LogP contribution in [0.5, 0.6) is 17.4 Å². The lowest BCUT2D eigenvalue weighted by Crippen LogP contribution is -2.57. The van der Waals surface area contributed by atoms with Crippen molar-refractivity contribution in [3.63, 3.8) is 0 Å². The predicted octanol–water partition coefficient (Wildman–Crippen LogP) is 2.71. The summed E-state index contributed by atoms with van der Waals surface area (Å²) in [5.74, 6) is 2.43. The van der Waals surface area contributed by atoms with E-state index in [2.05, 4.69) is 15.2 Å². The maximum atomic E-state index is 12.5. The molecule has 2 bridgehead atoms. The first-order valence-corrected chi connectivity index (χ1v) is 9.02. The lowest BCUT2D eigenvalue weighted by Gasteiger charge is -2.44. The van der Waals surface area contributed by atoms with Crippen molar-refractivity contribution < 1.29 is 14.3 Å². The minimum Gasteiger partial charge on any atom is -0.481 e. The smallest absolute Gasteiger partial charge is 0.251 e. The summed E-state index contributed by atoms with van der Waals surface area (Å²) in [5.41, 5.74) is 0.654. The first-order chi connectivity index (χ1) is 12.7. The van der Waals surface area contributed by atoms with Crippen LogP contribution in [0.1, 0.15) is 23.2 Å². The van der Waals surface area contributed by atoms with Gasteiger partial charge < -0.3 is 19.7 Å². The highest BCUT2D eigenvalue weighted by Crippen LogP contribution is 2.28.